The molecule has 0 spiro atoms. The van der Waals surface area contributed by atoms with Crippen LogP contribution in [0.4, 0.5) is 20.6 Å². The minimum Gasteiger partial charge on any atom is -0.370 e. The van der Waals surface area contributed by atoms with Crippen LogP contribution in [0.3, 0.4) is 0 Å². The predicted octanol–water partition coefficient (Wildman–Crippen LogP) is 4.02. The van der Waals surface area contributed by atoms with Gasteiger partial charge in [0.1, 0.15) is 11.6 Å². The van der Waals surface area contributed by atoms with Crippen molar-refractivity contribution >= 4 is 23.2 Å². The van der Waals surface area contributed by atoms with E-state index in [1.165, 1.54) is 12.1 Å². The van der Waals surface area contributed by atoms with E-state index < -0.39 is 0 Å². The first-order valence-corrected chi connectivity index (χ1v) is 11.8. The van der Waals surface area contributed by atoms with Gasteiger partial charge in [0, 0.05) is 50.6 Å². The molecule has 2 aromatic carbocycles. The lowest BCUT2D eigenvalue weighted by Gasteiger charge is -2.35. The van der Waals surface area contributed by atoms with E-state index in [9.17, 15) is 14.0 Å². The van der Waals surface area contributed by atoms with Gasteiger partial charge in [0.2, 0.25) is 0 Å². The van der Waals surface area contributed by atoms with Crippen molar-refractivity contribution in [3.8, 4) is 0 Å². The number of nitrogens with one attached hydrogen (secondary N) is 1. The minimum absolute atomic E-state index is 0.00924. The van der Waals surface area contributed by atoms with Crippen molar-refractivity contribution in [2.75, 3.05) is 49.6 Å². The largest absolute Gasteiger partial charge is 0.370 e. The molecule has 0 radical (unpaired) electrons. The molecule has 7 heteroatoms. The van der Waals surface area contributed by atoms with Crippen molar-refractivity contribution in [3.05, 3.63) is 59.9 Å². The Bertz CT molecular complexity index is 955. The summed E-state index contributed by atoms with van der Waals surface area (Å²) in [4.78, 5) is 30.2. The van der Waals surface area contributed by atoms with Gasteiger partial charge in [0.25, 0.3) is 0 Å². The van der Waals surface area contributed by atoms with Gasteiger partial charge in [-0.1, -0.05) is 12.1 Å². The molecule has 33 heavy (non-hydrogen) atoms. The molecular weight excluding hydrogens is 419 g/mol. The average Bonchev–Trinajstić information content (AvgIpc) is 3.32. The van der Waals surface area contributed by atoms with Crippen LogP contribution in [0.5, 0.6) is 0 Å². The minimum atomic E-state index is -0.215. The first-order valence-electron chi connectivity index (χ1n) is 11.8. The highest BCUT2D eigenvalue weighted by Gasteiger charge is 2.27. The molecule has 176 valence electrons. The number of likely N-dealkylation sites (tertiary alicyclic amines) is 1. The molecule has 1 atom stereocenters. The van der Waals surface area contributed by atoms with E-state index >= 15 is 0 Å². The molecule has 2 fully saturated rings. The second-order valence-corrected chi connectivity index (χ2v) is 9.19. The third-order valence-corrected chi connectivity index (χ3v) is 6.82. The monoisotopic (exact) mass is 452 g/mol. The molecule has 2 aliphatic rings. The molecule has 1 N–H and O–H groups in total. The zero-order valence-corrected chi connectivity index (χ0v) is 19.5. The molecule has 2 aromatic rings. The van der Waals surface area contributed by atoms with Gasteiger partial charge in [-0.05, 0) is 74.1 Å². The predicted molar refractivity (Wildman–Crippen MR) is 129 cm³/mol. The highest BCUT2D eigenvalue weighted by atomic mass is 19.1. The van der Waals surface area contributed by atoms with Gasteiger partial charge in [0.15, 0.2) is 0 Å². The van der Waals surface area contributed by atoms with Crippen LogP contribution >= 0.6 is 0 Å². The average molecular weight is 453 g/mol. The smallest absolute Gasteiger partial charge is 0.324 e. The molecule has 2 heterocycles. The van der Waals surface area contributed by atoms with Crippen LogP contribution in [0, 0.1) is 5.82 Å². The molecule has 2 aliphatic heterocycles. The Morgan fingerprint density at radius 2 is 1.67 bits per heavy atom. The number of ketones is 1. The van der Waals surface area contributed by atoms with Crippen LogP contribution in [0.2, 0.25) is 0 Å². The van der Waals surface area contributed by atoms with Crippen LogP contribution < -0.4 is 15.1 Å². The summed E-state index contributed by atoms with van der Waals surface area (Å²) in [6.07, 6.45) is 2.79. The molecule has 4 rings (SSSR count). The lowest BCUT2D eigenvalue weighted by atomic mass is 9.89. The second kappa shape index (κ2) is 10.3. The van der Waals surface area contributed by atoms with Gasteiger partial charge >= 0.3 is 6.03 Å². The van der Waals surface area contributed by atoms with Crippen LogP contribution in [0.15, 0.2) is 48.5 Å². The second-order valence-electron chi connectivity index (χ2n) is 9.19. The number of amides is 2. The van der Waals surface area contributed by atoms with Gasteiger partial charge in [-0.2, -0.15) is 0 Å². The van der Waals surface area contributed by atoms with Crippen molar-refractivity contribution in [1.82, 2.24) is 10.2 Å². The third kappa shape index (κ3) is 5.71. The summed E-state index contributed by atoms with van der Waals surface area (Å²) in [7, 11) is 1.82. The fraction of sp³-hybridized carbons (Fsp3) is 0.462. The van der Waals surface area contributed by atoms with E-state index in [-0.39, 0.29) is 17.6 Å². The fourth-order valence-electron chi connectivity index (χ4n) is 4.80. The summed E-state index contributed by atoms with van der Waals surface area (Å²) in [6, 6.07) is 15.2. The summed E-state index contributed by atoms with van der Waals surface area (Å²) in [5.74, 6) is 0.312. The fourth-order valence-corrected chi connectivity index (χ4v) is 4.80. The van der Waals surface area contributed by atoms with E-state index in [1.807, 2.05) is 36.2 Å². The van der Waals surface area contributed by atoms with Crippen LogP contribution in [-0.4, -0.2) is 62.5 Å². The SMILES string of the molecule is CC(=O)CN[C@@H]1CCN(c2ccc(N(C)C(=O)N3CCC(c4ccc(F)cc4)CC3)cc2)C1. The van der Waals surface area contributed by atoms with E-state index in [2.05, 4.69) is 22.3 Å². The Hall–Kier alpha value is -2.93. The summed E-state index contributed by atoms with van der Waals surface area (Å²) in [5.41, 5.74) is 3.15. The summed E-state index contributed by atoms with van der Waals surface area (Å²) >= 11 is 0. The van der Waals surface area contributed by atoms with E-state index in [0.29, 0.717) is 31.6 Å². The third-order valence-electron chi connectivity index (χ3n) is 6.82. The van der Waals surface area contributed by atoms with Gasteiger partial charge < -0.3 is 15.1 Å². The number of urea groups is 1. The van der Waals surface area contributed by atoms with Crippen molar-refractivity contribution < 1.29 is 14.0 Å². The Kier molecular flexibility index (Phi) is 7.28. The normalized spacial score (nSPS) is 19.1. The number of halogens is 1. The lowest BCUT2D eigenvalue weighted by Crippen LogP contribution is -2.45. The molecule has 2 amide bonds. The molecule has 0 unspecified atom stereocenters. The van der Waals surface area contributed by atoms with Crippen molar-refractivity contribution in [1.29, 1.82) is 0 Å². The zero-order valence-electron chi connectivity index (χ0n) is 19.5. The summed E-state index contributed by atoms with van der Waals surface area (Å²) < 4.78 is 13.2. The topological polar surface area (TPSA) is 55.9 Å². The Morgan fingerprint density at radius 1 is 1.00 bits per heavy atom. The summed E-state index contributed by atoms with van der Waals surface area (Å²) in [5, 5.41) is 3.31. The number of nitrogens with zero attached hydrogens (tertiary/aromatic N) is 3. The lowest BCUT2D eigenvalue weighted by molar-refractivity contribution is -0.116. The Balaban J connectivity index is 1.29. The van der Waals surface area contributed by atoms with Crippen molar-refractivity contribution in [2.45, 2.75) is 38.1 Å². The highest BCUT2D eigenvalue weighted by molar-refractivity contribution is 5.91. The number of hydrogen-bond donors (Lipinski definition) is 1. The van der Waals surface area contributed by atoms with Gasteiger partial charge in [-0.3, -0.25) is 9.69 Å². The summed E-state index contributed by atoms with van der Waals surface area (Å²) in [6.45, 7) is 5.25. The van der Waals surface area contributed by atoms with E-state index in [4.69, 9.17) is 0 Å². The van der Waals surface area contributed by atoms with Gasteiger partial charge in [0.05, 0.1) is 6.54 Å². The van der Waals surface area contributed by atoms with Crippen molar-refractivity contribution in [3.63, 3.8) is 0 Å². The maximum absolute atomic E-state index is 13.2. The standard InChI is InChI=1S/C26H33FN4O2/c1-19(32)17-28-23-13-16-31(18-23)25-9-7-24(8-10-25)29(2)26(33)30-14-11-21(12-15-30)20-3-5-22(27)6-4-20/h3-10,21,23,28H,11-18H2,1-2H3/t23-/m1/s1. The van der Waals surface area contributed by atoms with Crippen LogP contribution in [0.25, 0.3) is 0 Å². The number of anilines is 2. The maximum Gasteiger partial charge on any atom is 0.324 e. The molecule has 2 saturated heterocycles. The van der Waals surface area contributed by atoms with Gasteiger partial charge in [-0.15, -0.1) is 0 Å². The number of hydrogen-bond acceptors (Lipinski definition) is 4. The maximum atomic E-state index is 13.2. The quantitative estimate of drug-likeness (QED) is 0.719. The van der Waals surface area contributed by atoms with E-state index in [1.54, 1.807) is 11.8 Å². The first kappa shape index (κ1) is 23.2. The van der Waals surface area contributed by atoms with E-state index in [0.717, 1.165) is 49.3 Å². The molecule has 0 saturated carbocycles. The first-order chi connectivity index (χ1) is 15.9. The number of benzene rings is 2. The van der Waals surface area contributed by atoms with Gasteiger partial charge in [-0.25, -0.2) is 9.18 Å². The number of carbonyl (C=O) groups is 2. The molecule has 0 bridgehead atoms. The Labute approximate surface area is 195 Å². The van der Waals surface area contributed by atoms with Crippen molar-refractivity contribution in [2.24, 2.45) is 0 Å². The van der Waals surface area contributed by atoms with Crippen LogP contribution in [-0.2, 0) is 4.79 Å². The zero-order chi connectivity index (χ0) is 23.4. The molecule has 0 aliphatic carbocycles. The Morgan fingerprint density at radius 3 is 2.30 bits per heavy atom. The number of piperidine rings is 1. The molecule has 6 nitrogen and oxygen atoms in total. The van der Waals surface area contributed by atoms with Crippen LogP contribution in [0.1, 0.15) is 37.7 Å². The molecular formula is C26H33FN4O2. The highest BCUT2D eigenvalue weighted by Crippen LogP contribution is 2.29. The number of Topliss-reactive ketones (excluding diaryl/α,β-unsaturated/α-hetero) is 1. The number of rotatable bonds is 6. The number of carbonyl (C=O) groups excluding carboxylic acids is 2. The molecule has 0 aromatic heterocycles.